The minimum atomic E-state index is -0.707. The van der Waals surface area contributed by atoms with Crippen LogP contribution in [0.15, 0.2) is 48.5 Å². The van der Waals surface area contributed by atoms with Crippen molar-refractivity contribution in [2.75, 3.05) is 11.9 Å². The van der Waals surface area contributed by atoms with Crippen molar-refractivity contribution in [2.24, 2.45) is 0 Å². The second kappa shape index (κ2) is 5.19. The molecule has 2 aromatic carbocycles. The standard InChI is InChI=1S/C15H16FNO/c1-11(18)13-9-6-10-14(16)15(13)17(2)12-7-4-3-5-8-12/h3-11,18H,1-2H3/t11-/m1/s1. The smallest absolute Gasteiger partial charge is 0.147 e. The Kier molecular flexibility index (Phi) is 3.63. The summed E-state index contributed by atoms with van der Waals surface area (Å²) in [5.74, 6) is -0.334. The third-order valence-corrected chi connectivity index (χ3v) is 2.95. The van der Waals surface area contributed by atoms with E-state index in [1.165, 1.54) is 6.07 Å². The van der Waals surface area contributed by atoms with E-state index in [1.54, 1.807) is 31.0 Å². The monoisotopic (exact) mass is 245 g/mol. The molecule has 18 heavy (non-hydrogen) atoms. The fourth-order valence-electron chi connectivity index (χ4n) is 2.00. The number of anilines is 2. The van der Waals surface area contributed by atoms with Crippen molar-refractivity contribution < 1.29 is 9.50 Å². The lowest BCUT2D eigenvalue weighted by atomic mass is 10.1. The first-order chi connectivity index (χ1) is 8.61. The molecule has 0 heterocycles. The molecule has 0 fully saturated rings. The summed E-state index contributed by atoms with van der Waals surface area (Å²) in [5.41, 5.74) is 1.88. The minimum Gasteiger partial charge on any atom is -0.389 e. The maximum absolute atomic E-state index is 14.0. The topological polar surface area (TPSA) is 23.5 Å². The molecule has 2 aromatic rings. The molecule has 0 unspecified atom stereocenters. The zero-order valence-electron chi connectivity index (χ0n) is 10.5. The van der Waals surface area contributed by atoms with Crippen LogP contribution >= 0.6 is 0 Å². The second-order valence-electron chi connectivity index (χ2n) is 4.25. The average Bonchev–Trinajstić information content (AvgIpc) is 2.38. The van der Waals surface area contributed by atoms with Crippen LogP contribution in [0.25, 0.3) is 0 Å². The Morgan fingerprint density at radius 2 is 1.72 bits per heavy atom. The van der Waals surface area contributed by atoms with Crippen LogP contribution in [0.1, 0.15) is 18.6 Å². The molecule has 0 saturated carbocycles. The normalized spacial score (nSPS) is 12.2. The van der Waals surface area contributed by atoms with Crippen LogP contribution in [0.3, 0.4) is 0 Å². The van der Waals surface area contributed by atoms with Crippen molar-refractivity contribution >= 4 is 11.4 Å². The van der Waals surface area contributed by atoms with Gasteiger partial charge in [0.05, 0.1) is 11.8 Å². The van der Waals surface area contributed by atoms with Crippen LogP contribution in [0, 0.1) is 5.82 Å². The molecule has 3 heteroatoms. The molecule has 0 aromatic heterocycles. The van der Waals surface area contributed by atoms with Gasteiger partial charge in [0.15, 0.2) is 0 Å². The number of halogens is 1. The van der Waals surface area contributed by atoms with Gasteiger partial charge in [-0.2, -0.15) is 0 Å². The average molecular weight is 245 g/mol. The van der Waals surface area contributed by atoms with Gasteiger partial charge in [0, 0.05) is 18.3 Å². The van der Waals surface area contributed by atoms with Gasteiger partial charge in [0.2, 0.25) is 0 Å². The number of aliphatic hydroxyl groups excluding tert-OH is 1. The SMILES string of the molecule is C[C@@H](O)c1cccc(F)c1N(C)c1ccccc1. The highest BCUT2D eigenvalue weighted by molar-refractivity contribution is 5.66. The van der Waals surface area contributed by atoms with Crippen LogP contribution in [0.4, 0.5) is 15.8 Å². The highest BCUT2D eigenvalue weighted by atomic mass is 19.1. The summed E-state index contributed by atoms with van der Waals surface area (Å²) < 4.78 is 14.0. The van der Waals surface area contributed by atoms with E-state index in [1.807, 2.05) is 30.3 Å². The molecule has 2 nitrogen and oxygen atoms in total. The molecule has 2 rings (SSSR count). The molecule has 1 N–H and O–H groups in total. The molecular weight excluding hydrogens is 229 g/mol. The van der Waals surface area contributed by atoms with E-state index < -0.39 is 6.10 Å². The van der Waals surface area contributed by atoms with Gasteiger partial charge < -0.3 is 10.0 Å². The predicted molar refractivity (Wildman–Crippen MR) is 71.5 cm³/mol. The highest BCUT2D eigenvalue weighted by Crippen LogP contribution is 2.32. The Balaban J connectivity index is 2.51. The van der Waals surface area contributed by atoms with Gasteiger partial charge in [-0.15, -0.1) is 0 Å². The maximum Gasteiger partial charge on any atom is 0.147 e. The number of aliphatic hydroxyl groups is 1. The molecule has 0 aliphatic rings. The Morgan fingerprint density at radius 1 is 1.06 bits per heavy atom. The van der Waals surface area contributed by atoms with Gasteiger partial charge in [-0.05, 0) is 25.1 Å². The van der Waals surface area contributed by atoms with Gasteiger partial charge in [-0.1, -0.05) is 30.3 Å². The zero-order chi connectivity index (χ0) is 13.1. The second-order valence-corrected chi connectivity index (χ2v) is 4.25. The highest BCUT2D eigenvalue weighted by Gasteiger charge is 2.16. The summed E-state index contributed by atoms with van der Waals surface area (Å²) in [6.07, 6.45) is -0.707. The molecule has 0 amide bonds. The third kappa shape index (κ3) is 2.36. The van der Waals surface area contributed by atoms with E-state index in [-0.39, 0.29) is 5.82 Å². The largest absolute Gasteiger partial charge is 0.389 e. The molecule has 0 radical (unpaired) electrons. The Labute approximate surface area is 106 Å². The molecular formula is C15H16FNO. The molecule has 0 spiro atoms. The molecule has 0 bridgehead atoms. The van der Waals surface area contributed by atoms with E-state index in [2.05, 4.69) is 0 Å². The first-order valence-corrected chi connectivity index (χ1v) is 5.86. The van der Waals surface area contributed by atoms with Crippen molar-refractivity contribution in [2.45, 2.75) is 13.0 Å². The molecule has 0 aliphatic heterocycles. The van der Waals surface area contributed by atoms with Gasteiger partial charge in [0.25, 0.3) is 0 Å². The van der Waals surface area contributed by atoms with Crippen molar-refractivity contribution in [3.8, 4) is 0 Å². The predicted octanol–water partition coefficient (Wildman–Crippen LogP) is 3.65. The lowest BCUT2D eigenvalue weighted by molar-refractivity contribution is 0.199. The van der Waals surface area contributed by atoms with Crippen molar-refractivity contribution in [3.63, 3.8) is 0 Å². The summed E-state index contributed by atoms with van der Waals surface area (Å²) in [4.78, 5) is 1.75. The van der Waals surface area contributed by atoms with Crippen molar-refractivity contribution in [3.05, 3.63) is 59.9 Å². The summed E-state index contributed by atoms with van der Waals surface area (Å²) in [6, 6.07) is 14.3. The van der Waals surface area contributed by atoms with Crippen LogP contribution in [0.2, 0.25) is 0 Å². The van der Waals surface area contributed by atoms with Crippen LogP contribution < -0.4 is 4.90 Å². The minimum absolute atomic E-state index is 0.334. The number of para-hydroxylation sites is 2. The molecule has 1 atom stereocenters. The maximum atomic E-state index is 14.0. The number of hydrogen-bond acceptors (Lipinski definition) is 2. The fraction of sp³-hybridized carbons (Fsp3) is 0.200. The number of benzene rings is 2. The summed E-state index contributed by atoms with van der Waals surface area (Å²) in [5, 5.41) is 9.73. The van der Waals surface area contributed by atoms with Gasteiger partial charge in [0.1, 0.15) is 5.82 Å². The van der Waals surface area contributed by atoms with E-state index in [4.69, 9.17) is 0 Å². The van der Waals surface area contributed by atoms with Gasteiger partial charge in [-0.25, -0.2) is 4.39 Å². The van der Waals surface area contributed by atoms with Gasteiger partial charge in [-0.3, -0.25) is 0 Å². The molecule has 94 valence electrons. The molecule has 0 saturated heterocycles. The lowest BCUT2D eigenvalue weighted by Crippen LogP contribution is -2.14. The lowest BCUT2D eigenvalue weighted by Gasteiger charge is -2.24. The van der Waals surface area contributed by atoms with Crippen LogP contribution in [0.5, 0.6) is 0 Å². The Hall–Kier alpha value is -1.87. The number of nitrogens with zero attached hydrogens (tertiary/aromatic N) is 1. The van der Waals surface area contributed by atoms with E-state index in [0.29, 0.717) is 11.3 Å². The first kappa shape index (κ1) is 12.6. The van der Waals surface area contributed by atoms with E-state index >= 15 is 0 Å². The number of rotatable bonds is 3. The van der Waals surface area contributed by atoms with Gasteiger partial charge >= 0.3 is 0 Å². The Bertz CT molecular complexity index is 525. The third-order valence-electron chi connectivity index (χ3n) is 2.95. The summed E-state index contributed by atoms with van der Waals surface area (Å²) in [7, 11) is 1.79. The van der Waals surface area contributed by atoms with E-state index in [9.17, 15) is 9.50 Å². The van der Waals surface area contributed by atoms with Crippen molar-refractivity contribution in [1.82, 2.24) is 0 Å². The van der Waals surface area contributed by atoms with Crippen LogP contribution in [-0.2, 0) is 0 Å². The van der Waals surface area contributed by atoms with E-state index in [0.717, 1.165) is 5.69 Å². The summed E-state index contributed by atoms with van der Waals surface area (Å²) >= 11 is 0. The Morgan fingerprint density at radius 3 is 2.33 bits per heavy atom. The van der Waals surface area contributed by atoms with Crippen LogP contribution in [-0.4, -0.2) is 12.2 Å². The fourth-order valence-corrected chi connectivity index (χ4v) is 2.00. The first-order valence-electron chi connectivity index (χ1n) is 5.86. The quantitative estimate of drug-likeness (QED) is 0.892. The molecule has 0 aliphatic carbocycles. The summed E-state index contributed by atoms with van der Waals surface area (Å²) in [6.45, 7) is 1.64. The van der Waals surface area contributed by atoms with Crippen molar-refractivity contribution in [1.29, 1.82) is 0 Å². The zero-order valence-corrected chi connectivity index (χ0v) is 10.5. The number of hydrogen-bond donors (Lipinski definition) is 1.